The second-order valence-corrected chi connectivity index (χ2v) is 19.6. The number of hydrogen-bond donors (Lipinski definition) is 0. The zero-order chi connectivity index (χ0) is 39.6. The fraction of sp³-hybridized carbons (Fsp3) is 0.135. The summed E-state index contributed by atoms with van der Waals surface area (Å²) in [6, 6.07) is 53.3. The molecule has 7 aromatic carbocycles. The molecule has 1 aliphatic carbocycles. The Hall–Kier alpha value is -4.62. The fourth-order valence-electron chi connectivity index (χ4n) is 9.72. The van der Waals surface area contributed by atoms with Gasteiger partial charge in [-0.05, 0) is 108 Å². The van der Waals surface area contributed by atoms with Crippen LogP contribution in [0.1, 0.15) is 38.9 Å². The van der Waals surface area contributed by atoms with E-state index in [0.717, 1.165) is 5.30 Å². The number of aryl methyl sites for hydroxylation is 6. The Kier molecular flexibility index (Phi) is 11.0. The average Bonchev–Trinajstić information content (AvgIpc) is 3.76. The molecular weight excluding hydrogens is 856 g/mol. The van der Waals surface area contributed by atoms with Crippen LogP contribution in [0.2, 0.25) is 10.0 Å². The summed E-state index contributed by atoms with van der Waals surface area (Å²) >= 11 is 14.8. The smallest absolute Gasteiger partial charge is 0.100 e. The van der Waals surface area contributed by atoms with Gasteiger partial charge in [0.15, 0.2) is 0 Å². The minimum atomic E-state index is -2.92. The maximum absolute atomic E-state index is 7.64. The van der Waals surface area contributed by atoms with Crippen molar-refractivity contribution in [2.45, 2.75) is 41.5 Å². The third kappa shape index (κ3) is 6.43. The van der Waals surface area contributed by atoms with Crippen molar-refractivity contribution in [2.75, 3.05) is 16.5 Å². The summed E-state index contributed by atoms with van der Waals surface area (Å²) in [7, 11) is 0. The predicted octanol–water partition coefficient (Wildman–Crippen LogP) is 10.9. The molecule has 0 radical (unpaired) electrons. The minimum Gasteiger partial charge on any atom is -0.320 e. The van der Waals surface area contributed by atoms with Crippen molar-refractivity contribution < 1.29 is 19.5 Å². The molecule has 0 N–H and O–H groups in total. The number of anilines is 2. The normalized spacial score (nSPS) is 14.2. The van der Waals surface area contributed by atoms with Crippen LogP contribution >= 0.6 is 30.1 Å². The molecule has 2 nitrogen and oxygen atoms in total. The Morgan fingerprint density at radius 1 is 0.517 bits per heavy atom. The van der Waals surface area contributed by atoms with Gasteiger partial charge >= 0.3 is 0 Å². The SMILES string of the molecule is Cc1cc(C)c(N2CN(c3c(C)cc(C)cc3C)C(=P(c3ccccc3)(c3ccccc3)c3cccc(Cl)c3Cl)C2=c2cccc3c2=Cc2ccccc2-3)c(C)c1.[Ru]. The number of nitrogens with zero attached hydrogens (tertiary/aromatic N) is 2. The molecule has 0 bridgehead atoms. The Labute approximate surface area is 365 Å². The number of fused-ring (bicyclic) bond motifs is 3. The molecule has 7 aromatic rings. The summed E-state index contributed by atoms with van der Waals surface area (Å²) in [4.78, 5) is 5.26. The van der Waals surface area contributed by atoms with Crippen LogP contribution in [-0.4, -0.2) is 12.1 Å². The second kappa shape index (κ2) is 15.9. The molecule has 1 saturated heterocycles. The van der Waals surface area contributed by atoms with Gasteiger partial charge < -0.3 is 9.80 Å². The van der Waals surface area contributed by atoms with Crippen LogP contribution in [0.15, 0.2) is 146 Å². The maximum Gasteiger partial charge on any atom is 0.100 e. The number of rotatable bonds is 5. The minimum absolute atomic E-state index is 0. The van der Waals surface area contributed by atoms with Crippen molar-refractivity contribution in [1.29, 1.82) is 0 Å². The van der Waals surface area contributed by atoms with Crippen molar-refractivity contribution >= 4 is 74.6 Å². The number of halogens is 2. The van der Waals surface area contributed by atoms with Crippen LogP contribution in [0, 0.1) is 41.5 Å². The first kappa shape index (κ1) is 40.2. The van der Waals surface area contributed by atoms with E-state index in [1.165, 1.54) is 93.6 Å². The van der Waals surface area contributed by atoms with Gasteiger partial charge in [0.25, 0.3) is 0 Å². The topological polar surface area (TPSA) is 6.48 Å². The average molecular weight is 901 g/mol. The van der Waals surface area contributed by atoms with Gasteiger partial charge in [0.1, 0.15) is 6.67 Å². The van der Waals surface area contributed by atoms with Crippen LogP contribution in [0.4, 0.5) is 11.4 Å². The number of benzene rings is 7. The first-order valence-corrected chi connectivity index (χ1v) is 22.1. The third-order valence-electron chi connectivity index (χ3n) is 11.6. The largest absolute Gasteiger partial charge is 0.320 e. The van der Waals surface area contributed by atoms with E-state index < -0.39 is 6.89 Å². The van der Waals surface area contributed by atoms with Gasteiger partial charge in [-0.25, -0.2) is 0 Å². The second-order valence-electron chi connectivity index (χ2n) is 15.6. The first-order valence-electron chi connectivity index (χ1n) is 19.6. The molecule has 0 spiro atoms. The molecular formula is C52H45Cl2N2PRu. The molecule has 0 atom stereocenters. The summed E-state index contributed by atoms with van der Waals surface area (Å²) < 4.78 is 0. The molecule has 0 aromatic heterocycles. The van der Waals surface area contributed by atoms with Crippen molar-refractivity contribution in [2.24, 2.45) is 0 Å². The van der Waals surface area contributed by atoms with Gasteiger partial charge in [-0.15, -0.1) is 0 Å². The van der Waals surface area contributed by atoms with Crippen molar-refractivity contribution in [3.8, 4) is 11.1 Å². The molecule has 6 heteroatoms. The van der Waals surface area contributed by atoms with Gasteiger partial charge in [-0.1, -0.05) is 174 Å². The fourth-order valence-corrected chi connectivity index (χ4v) is 15.1. The summed E-state index contributed by atoms with van der Waals surface area (Å²) in [5.74, 6) is 0. The molecule has 1 heterocycles. The van der Waals surface area contributed by atoms with E-state index in [1.54, 1.807) is 0 Å². The zero-order valence-electron chi connectivity index (χ0n) is 33.6. The Bertz CT molecular complexity index is 2850. The monoisotopic (exact) mass is 900 g/mol. The zero-order valence-corrected chi connectivity index (χ0v) is 37.7. The number of hydrogen-bond acceptors (Lipinski definition) is 1. The van der Waals surface area contributed by atoms with Crippen molar-refractivity contribution in [3.63, 3.8) is 0 Å². The summed E-state index contributed by atoms with van der Waals surface area (Å²) in [6.45, 7) is 11.1. The molecule has 2 aliphatic rings. The van der Waals surface area contributed by atoms with Crippen molar-refractivity contribution in [1.82, 2.24) is 0 Å². The molecule has 0 amide bonds. The van der Waals surface area contributed by atoms with Crippen LogP contribution in [0.3, 0.4) is 0 Å². The Morgan fingerprint density at radius 3 is 1.60 bits per heavy atom. The van der Waals surface area contributed by atoms with E-state index in [2.05, 4.69) is 197 Å². The van der Waals surface area contributed by atoms with Gasteiger partial charge in [0.2, 0.25) is 0 Å². The third-order valence-corrected chi connectivity index (χ3v) is 16.9. The Morgan fingerprint density at radius 2 is 1.02 bits per heavy atom. The van der Waals surface area contributed by atoms with Gasteiger partial charge in [-0.2, -0.15) is 0 Å². The maximum atomic E-state index is 7.64. The van der Waals surface area contributed by atoms with E-state index >= 15 is 0 Å². The van der Waals surface area contributed by atoms with E-state index in [-0.39, 0.29) is 19.5 Å². The van der Waals surface area contributed by atoms with Gasteiger partial charge in [0.05, 0.1) is 21.2 Å². The quantitative estimate of drug-likeness (QED) is 0.125. The summed E-state index contributed by atoms with van der Waals surface area (Å²) in [6.07, 6.45) is 2.39. The molecule has 58 heavy (non-hydrogen) atoms. The molecule has 0 saturated carbocycles. The Balaban J connectivity index is 0.00000469. The molecule has 1 fully saturated rings. The van der Waals surface area contributed by atoms with Gasteiger partial charge in [-0.3, -0.25) is 0 Å². The molecule has 1 aliphatic heterocycles. The van der Waals surface area contributed by atoms with Crippen LogP contribution in [0.5, 0.6) is 0 Å². The predicted molar refractivity (Wildman–Crippen MR) is 249 cm³/mol. The van der Waals surface area contributed by atoms with Gasteiger partial charge in [0, 0.05) is 48.3 Å². The van der Waals surface area contributed by atoms with Crippen LogP contribution in [0.25, 0.3) is 22.9 Å². The molecule has 290 valence electrons. The van der Waals surface area contributed by atoms with E-state index in [9.17, 15) is 0 Å². The van der Waals surface area contributed by atoms with E-state index in [1.807, 2.05) is 6.07 Å². The van der Waals surface area contributed by atoms with Crippen LogP contribution in [-0.2, 0) is 19.5 Å². The van der Waals surface area contributed by atoms with E-state index in [0.29, 0.717) is 16.7 Å². The standard InChI is InChI=1S/C52H45Cl2N2P.Ru/c1-33-27-35(3)49(36(4)28-33)55-32-56(50-37(5)29-34(2)30-38(50)6)52(51(55)44-24-15-23-43-42-22-14-13-17-39(42)31-45(43)44)57(40-18-9-7-10-19-40,41-20-11-8-12-21-41)47-26-16-25-46(53)48(47)54;/h7-31H,32H2,1-6H3;. The first-order chi connectivity index (χ1) is 27.6. The molecule has 0 unspecified atom stereocenters. The van der Waals surface area contributed by atoms with E-state index in [4.69, 9.17) is 23.2 Å². The van der Waals surface area contributed by atoms with Crippen molar-refractivity contribution in [3.05, 3.63) is 205 Å². The summed E-state index contributed by atoms with van der Waals surface area (Å²) in [5.41, 5.74) is 16.1. The molecule has 9 rings (SSSR count). The van der Waals surface area contributed by atoms with Crippen LogP contribution < -0.4 is 36.2 Å². The summed E-state index contributed by atoms with van der Waals surface area (Å²) in [5, 5.41) is 7.01.